The van der Waals surface area contributed by atoms with Crippen molar-refractivity contribution in [1.82, 2.24) is 5.32 Å². The normalized spacial score (nSPS) is 12.1. The van der Waals surface area contributed by atoms with Crippen molar-refractivity contribution in [2.75, 3.05) is 6.54 Å². The van der Waals surface area contributed by atoms with Gasteiger partial charge in [0.05, 0.1) is 4.92 Å². The molecular weight excluding hydrogens is 236 g/mol. The first-order valence-corrected chi connectivity index (χ1v) is 5.74. The maximum Gasteiger partial charge on any atom is 0.321 e. The molecule has 0 saturated heterocycles. The number of nitro groups is 1. The Kier molecular flexibility index (Phi) is 5.26. The number of rotatable bonds is 7. The summed E-state index contributed by atoms with van der Waals surface area (Å²) in [5, 5.41) is 22.4. The zero-order valence-corrected chi connectivity index (χ0v) is 10.1. The number of hydrogen-bond acceptors (Lipinski definition) is 4. The number of nitro benzene ring substituents is 1. The van der Waals surface area contributed by atoms with Crippen LogP contribution in [0.5, 0.6) is 0 Å². The zero-order valence-electron chi connectivity index (χ0n) is 10.1. The molecular formula is C12H16N2O4. The SMILES string of the molecule is CCCN[C@@H](Cc1ccc([N+](=O)[O-])cc1)C(=O)O. The third kappa shape index (κ3) is 4.14. The number of nitrogens with one attached hydrogen (secondary N) is 1. The van der Waals surface area contributed by atoms with Gasteiger partial charge in [-0.1, -0.05) is 19.1 Å². The monoisotopic (exact) mass is 252 g/mol. The summed E-state index contributed by atoms with van der Waals surface area (Å²) in [6.45, 7) is 2.59. The topological polar surface area (TPSA) is 92.5 Å². The molecule has 2 N–H and O–H groups in total. The Labute approximate surface area is 105 Å². The average Bonchev–Trinajstić information content (AvgIpc) is 2.34. The van der Waals surface area contributed by atoms with Gasteiger partial charge in [-0.15, -0.1) is 0 Å². The Balaban J connectivity index is 2.68. The van der Waals surface area contributed by atoms with Gasteiger partial charge in [0.15, 0.2) is 0 Å². The number of benzene rings is 1. The van der Waals surface area contributed by atoms with Gasteiger partial charge >= 0.3 is 5.97 Å². The molecule has 0 unspecified atom stereocenters. The van der Waals surface area contributed by atoms with E-state index in [2.05, 4.69) is 5.32 Å². The lowest BCUT2D eigenvalue weighted by atomic mass is 10.1. The van der Waals surface area contributed by atoms with Gasteiger partial charge in [-0.2, -0.15) is 0 Å². The molecule has 6 heteroatoms. The number of non-ortho nitro benzene ring substituents is 1. The van der Waals surface area contributed by atoms with Crippen LogP contribution in [0.3, 0.4) is 0 Å². The van der Waals surface area contributed by atoms with Gasteiger partial charge in [0, 0.05) is 12.1 Å². The van der Waals surface area contributed by atoms with E-state index in [9.17, 15) is 14.9 Å². The number of carboxylic acids is 1. The van der Waals surface area contributed by atoms with Crippen molar-refractivity contribution in [3.63, 3.8) is 0 Å². The summed E-state index contributed by atoms with van der Waals surface area (Å²) < 4.78 is 0. The minimum absolute atomic E-state index is 0.00661. The number of carbonyl (C=O) groups is 1. The van der Waals surface area contributed by atoms with Gasteiger partial charge in [-0.25, -0.2) is 0 Å². The Morgan fingerprint density at radius 3 is 2.50 bits per heavy atom. The molecule has 0 aliphatic heterocycles. The maximum atomic E-state index is 11.0. The van der Waals surface area contributed by atoms with Crippen molar-refractivity contribution in [1.29, 1.82) is 0 Å². The van der Waals surface area contributed by atoms with Crippen molar-refractivity contribution in [3.05, 3.63) is 39.9 Å². The molecule has 0 fully saturated rings. The molecule has 1 aromatic rings. The highest BCUT2D eigenvalue weighted by molar-refractivity contribution is 5.73. The second-order valence-corrected chi connectivity index (χ2v) is 3.97. The van der Waals surface area contributed by atoms with E-state index in [0.717, 1.165) is 12.0 Å². The van der Waals surface area contributed by atoms with Crippen molar-refractivity contribution in [3.8, 4) is 0 Å². The highest BCUT2D eigenvalue weighted by Crippen LogP contribution is 2.13. The smallest absolute Gasteiger partial charge is 0.321 e. The van der Waals surface area contributed by atoms with Gasteiger partial charge in [-0.3, -0.25) is 14.9 Å². The van der Waals surface area contributed by atoms with Crippen LogP contribution in [0, 0.1) is 10.1 Å². The fourth-order valence-corrected chi connectivity index (χ4v) is 1.55. The van der Waals surface area contributed by atoms with Crippen LogP contribution in [-0.4, -0.2) is 28.6 Å². The first kappa shape index (κ1) is 14.1. The van der Waals surface area contributed by atoms with Crippen molar-refractivity contribution >= 4 is 11.7 Å². The lowest BCUT2D eigenvalue weighted by molar-refractivity contribution is -0.384. The summed E-state index contributed by atoms with van der Waals surface area (Å²) in [6.07, 6.45) is 1.16. The second kappa shape index (κ2) is 6.70. The summed E-state index contributed by atoms with van der Waals surface area (Å²) in [7, 11) is 0. The Bertz CT molecular complexity index is 417. The summed E-state index contributed by atoms with van der Waals surface area (Å²) in [5.74, 6) is -0.915. The largest absolute Gasteiger partial charge is 0.480 e. The van der Waals surface area contributed by atoms with Crippen LogP contribution in [0.4, 0.5) is 5.69 Å². The number of carboxylic acid groups (broad SMARTS) is 1. The van der Waals surface area contributed by atoms with E-state index >= 15 is 0 Å². The van der Waals surface area contributed by atoms with Crippen molar-refractivity contribution in [2.45, 2.75) is 25.8 Å². The van der Waals surface area contributed by atoms with Gasteiger partial charge in [0.1, 0.15) is 6.04 Å². The second-order valence-electron chi connectivity index (χ2n) is 3.97. The highest BCUT2D eigenvalue weighted by atomic mass is 16.6. The van der Waals surface area contributed by atoms with Crippen molar-refractivity contribution < 1.29 is 14.8 Å². The summed E-state index contributed by atoms with van der Waals surface area (Å²) in [4.78, 5) is 21.0. The Morgan fingerprint density at radius 2 is 2.06 bits per heavy atom. The molecule has 0 spiro atoms. The average molecular weight is 252 g/mol. The molecule has 1 aromatic carbocycles. The molecule has 0 bridgehead atoms. The van der Waals surface area contributed by atoms with E-state index in [-0.39, 0.29) is 5.69 Å². The maximum absolute atomic E-state index is 11.0. The molecule has 0 heterocycles. The van der Waals surface area contributed by atoms with Crippen LogP contribution >= 0.6 is 0 Å². The molecule has 0 aromatic heterocycles. The standard InChI is InChI=1S/C12H16N2O4/c1-2-7-13-11(12(15)16)8-9-3-5-10(6-4-9)14(17)18/h3-6,11,13H,2,7-8H2,1H3,(H,15,16)/t11-/m0/s1. The van der Waals surface area contributed by atoms with E-state index in [0.29, 0.717) is 13.0 Å². The molecule has 6 nitrogen and oxygen atoms in total. The Hall–Kier alpha value is -1.95. The van der Waals surface area contributed by atoms with Crippen LogP contribution < -0.4 is 5.32 Å². The van der Waals surface area contributed by atoms with E-state index in [1.165, 1.54) is 12.1 Å². The van der Waals surface area contributed by atoms with Crippen molar-refractivity contribution in [2.24, 2.45) is 0 Å². The van der Waals surface area contributed by atoms with Crippen LogP contribution in [0.1, 0.15) is 18.9 Å². The lowest BCUT2D eigenvalue weighted by Crippen LogP contribution is -2.38. The molecule has 1 rings (SSSR count). The Morgan fingerprint density at radius 1 is 1.44 bits per heavy atom. The first-order chi connectivity index (χ1) is 8.54. The third-order valence-electron chi connectivity index (χ3n) is 2.53. The lowest BCUT2D eigenvalue weighted by Gasteiger charge is -2.13. The highest BCUT2D eigenvalue weighted by Gasteiger charge is 2.17. The number of nitrogens with zero attached hydrogens (tertiary/aromatic N) is 1. The zero-order chi connectivity index (χ0) is 13.5. The molecule has 0 amide bonds. The van der Waals surface area contributed by atoms with E-state index in [1.54, 1.807) is 12.1 Å². The number of aliphatic carboxylic acids is 1. The number of hydrogen-bond donors (Lipinski definition) is 2. The molecule has 0 saturated carbocycles. The van der Waals surface area contributed by atoms with Crippen LogP contribution in [0.2, 0.25) is 0 Å². The summed E-state index contributed by atoms with van der Waals surface area (Å²) in [6, 6.07) is 5.28. The minimum Gasteiger partial charge on any atom is -0.480 e. The molecule has 98 valence electrons. The van der Waals surface area contributed by atoms with Gasteiger partial charge < -0.3 is 10.4 Å². The predicted molar refractivity (Wildman–Crippen MR) is 66.5 cm³/mol. The minimum atomic E-state index is -0.915. The fourth-order valence-electron chi connectivity index (χ4n) is 1.55. The van der Waals surface area contributed by atoms with Crippen LogP contribution in [-0.2, 0) is 11.2 Å². The fraction of sp³-hybridized carbons (Fsp3) is 0.417. The molecule has 0 radical (unpaired) electrons. The summed E-state index contributed by atoms with van der Waals surface area (Å²) >= 11 is 0. The van der Waals surface area contributed by atoms with Crippen LogP contribution in [0.25, 0.3) is 0 Å². The predicted octanol–water partition coefficient (Wildman–Crippen LogP) is 1.59. The molecule has 0 aliphatic carbocycles. The first-order valence-electron chi connectivity index (χ1n) is 5.74. The quantitative estimate of drug-likeness (QED) is 0.568. The van der Waals surface area contributed by atoms with E-state index < -0.39 is 16.9 Å². The van der Waals surface area contributed by atoms with E-state index in [4.69, 9.17) is 5.11 Å². The molecule has 1 atom stereocenters. The molecule has 18 heavy (non-hydrogen) atoms. The van der Waals surface area contributed by atoms with Gasteiger partial charge in [0.2, 0.25) is 0 Å². The molecule has 0 aliphatic rings. The third-order valence-corrected chi connectivity index (χ3v) is 2.53. The van der Waals surface area contributed by atoms with Gasteiger partial charge in [-0.05, 0) is 24.9 Å². The van der Waals surface area contributed by atoms with Gasteiger partial charge in [0.25, 0.3) is 5.69 Å². The summed E-state index contributed by atoms with van der Waals surface area (Å²) in [5.41, 5.74) is 0.767. The van der Waals surface area contributed by atoms with Crippen LogP contribution in [0.15, 0.2) is 24.3 Å². The van der Waals surface area contributed by atoms with E-state index in [1.807, 2.05) is 6.92 Å².